The lowest BCUT2D eigenvalue weighted by atomic mass is 10.1. The first-order valence-electron chi connectivity index (χ1n) is 8.51. The molecule has 0 bridgehead atoms. The van der Waals surface area contributed by atoms with Crippen LogP contribution in [0.15, 0.2) is 34.2 Å². The number of halogens is 1. The van der Waals surface area contributed by atoms with Gasteiger partial charge >= 0.3 is 0 Å². The van der Waals surface area contributed by atoms with Crippen molar-refractivity contribution in [3.8, 4) is 21.8 Å². The van der Waals surface area contributed by atoms with Crippen molar-refractivity contribution in [2.45, 2.75) is 26.4 Å². The van der Waals surface area contributed by atoms with Crippen LogP contribution in [-0.4, -0.2) is 41.1 Å². The Labute approximate surface area is 161 Å². The zero-order valence-electron chi connectivity index (χ0n) is 15.6. The number of nitrogens with one attached hydrogen (secondary N) is 1. The Bertz CT molecular complexity index is 932. The van der Waals surface area contributed by atoms with Gasteiger partial charge in [0.25, 0.3) is 5.91 Å². The first-order valence-corrected chi connectivity index (χ1v) is 9.39. The maximum atomic E-state index is 13.3. The minimum atomic E-state index is -0.320. The molecule has 1 amide bonds. The number of carbonyl (C=O) groups is 1. The summed E-state index contributed by atoms with van der Waals surface area (Å²) in [7, 11) is 3.85. The topological polar surface area (TPSA) is 71.3 Å². The summed E-state index contributed by atoms with van der Waals surface area (Å²) in [4.78, 5) is 18.7. The Balaban J connectivity index is 2.04. The Hall–Kier alpha value is -2.58. The molecule has 0 aliphatic heterocycles. The van der Waals surface area contributed by atoms with Crippen LogP contribution in [0.1, 0.15) is 30.1 Å². The van der Waals surface area contributed by atoms with Crippen molar-refractivity contribution >= 4 is 17.2 Å². The first kappa shape index (κ1) is 19.2. The molecular formula is C19H21FN4O2S. The molecule has 27 heavy (non-hydrogen) atoms. The molecule has 8 heteroatoms. The fourth-order valence-corrected chi connectivity index (χ4v) is 3.44. The van der Waals surface area contributed by atoms with Crippen molar-refractivity contribution < 1.29 is 13.7 Å². The van der Waals surface area contributed by atoms with Crippen molar-refractivity contribution in [2.24, 2.45) is 0 Å². The van der Waals surface area contributed by atoms with Gasteiger partial charge in [0.1, 0.15) is 22.2 Å². The molecule has 2 heterocycles. The number of rotatable bonds is 6. The first-order chi connectivity index (χ1) is 12.8. The molecule has 2 aromatic heterocycles. The molecule has 0 saturated carbocycles. The number of thiazole rings is 1. The quantitative estimate of drug-likeness (QED) is 0.695. The molecule has 1 aromatic carbocycles. The summed E-state index contributed by atoms with van der Waals surface area (Å²) in [6.07, 6.45) is 0. The third-order valence-electron chi connectivity index (χ3n) is 3.71. The van der Waals surface area contributed by atoms with Gasteiger partial charge in [-0.2, -0.15) is 0 Å². The number of hydrogen-bond donors (Lipinski definition) is 1. The number of aromatic nitrogens is 2. The van der Waals surface area contributed by atoms with Gasteiger partial charge in [-0.1, -0.05) is 5.16 Å². The molecule has 3 rings (SSSR count). The third-order valence-corrected chi connectivity index (χ3v) is 4.57. The normalized spacial score (nSPS) is 11.4. The molecule has 1 N–H and O–H groups in total. The van der Waals surface area contributed by atoms with Gasteiger partial charge in [-0.15, -0.1) is 11.3 Å². The molecule has 0 spiro atoms. The lowest BCUT2D eigenvalue weighted by Crippen LogP contribution is -2.30. The van der Waals surface area contributed by atoms with E-state index in [0.29, 0.717) is 28.7 Å². The highest BCUT2D eigenvalue weighted by molar-refractivity contribution is 7.13. The predicted molar refractivity (Wildman–Crippen MR) is 103 cm³/mol. The molecule has 142 valence electrons. The summed E-state index contributed by atoms with van der Waals surface area (Å²) in [5.74, 6) is 0.102. The largest absolute Gasteiger partial charge is 0.359 e. The number of amides is 1. The zero-order valence-corrected chi connectivity index (χ0v) is 16.4. The van der Waals surface area contributed by atoms with Gasteiger partial charge in [-0.3, -0.25) is 4.79 Å². The van der Waals surface area contributed by atoms with E-state index in [4.69, 9.17) is 4.52 Å². The summed E-state index contributed by atoms with van der Waals surface area (Å²) in [5.41, 5.74) is 2.38. The van der Waals surface area contributed by atoms with Crippen molar-refractivity contribution in [3.05, 3.63) is 46.9 Å². The van der Waals surface area contributed by atoms with Gasteiger partial charge in [-0.05, 0) is 52.2 Å². The lowest BCUT2D eigenvalue weighted by molar-refractivity contribution is 0.0939. The Morgan fingerprint density at radius 2 is 2.00 bits per heavy atom. The maximum Gasteiger partial charge on any atom is 0.270 e. The van der Waals surface area contributed by atoms with E-state index in [9.17, 15) is 9.18 Å². The lowest BCUT2D eigenvalue weighted by Gasteiger charge is -2.08. The smallest absolute Gasteiger partial charge is 0.270 e. The van der Waals surface area contributed by atoms with E-state index in [0.717, 1.165) is 11.1 Å². The van der Waals surface area contributed by atoms with Gasteiger partial charge in [-0.25, -0.2) is 9.37 Å². The van der Waals surface area contributed by atoms with E-state index in [1.54, 1.807) is 17.5 Å². The van der Waals surface area contributed by atoms with Crippen molar-refractivity contribution in [1.82, 2.24) is 20.4 Å². The van der Waals surface area contributed by atoms with Crippen molar-refractivity contribution in [1.29, 1.82) is 0 Å². The fourth-order valence-electron chi connectivity index (χ4n) is 2.57. The van der Waals surface area contributed by atoms with Gasteiger partial charge in [0.15, 0.2) is 5.76 Å². The average molecular weight is 388 g/mol. The minimum Gasteiger partial charge on any atom is -0.359 e. The third kappa shape index (κ3) is 4.40. The van der Waals surface area contributed by atoms with Gasteiger partial charge in [0, 0.05) is 17.0 Å². The molecule has 0 aliphatic rings. The average Bonchev–Trinajstić information content (AvgIpc) is 3.21. The van der Waals surface area contributed by atoms with Gasteiger partial charge in [0.05, 0.1) is 12.1 Å². The molecule has 0 aliphatic carbocycles. The van der Waals surface area contributed by atoms with Crippen LogP contribution in [-0.2, 0) is 6.54 Å². The van der Waals surface area contributed by atoms with Crippen LogP contribution in [0.3, 0.4) is 0 Å². The van der Waals surface area contributed by atoms with E-state index in [-0.39, 0.29) is 17.8 Å². The molecule has 6 nitrogen and oxygen atoms in total. The van der Waals surface area contributed by atoms with Crippen LogP contribution in [0.4, 0.5) is 4.39 Å². The number of benzene rings is 1. The number of hydrogen-bond acceptors (Lipinski definition) is 6. The summed E-state index contributed by atoms with van der Waals surface area (Å²) < 4.78 is 18.9. The predicted octanol–water partition coefficient (Wildman–Crippen LogP) is 3.80. The second kappa shape index (κ2) is 7.98. The molecule has 0 radical (unpaired) electrons. The second-order valence-electron chi connectivity index (χ2n) is 6.74. The van der Waals surface area contributed by atoms with E-state index in [1.165, 1.54) is 23.5 Å². The molecule has 0 atom stereocenters. The molecule has 0 fully saturated rings. The Morgan fingerprint density at radius 3 is 2.63 bits per heavy atom. The van der Waals surface area contributed by atoms with Crippen molar-refractivity contribution in [3.63, 3.8) is 0 Å². The maximum absolute atomic E-state index is 13.3. The summed E-state index contributed by atoms with van der Waals surface area (Å²) in [5, 5.41) is 9.38. The minimum absolute atomic E-state index is 0.0253. The Morgan fingerprint density at radius 1 is 1.30 bits per heavy atom. The second-order valence-corrected chi connectivity index (χ2v) is 7.60. The number of nitrogens with zero attached hydrogens (tertiary/aromatic N) is 3. The van der Waals surface area contributed by atoms with Crippen LogP contribution in [0.2, 0.25) is 0 Å². The molecule has 0 unspecified atom stereocenters. The standard InChI is InChI=1S/C19H21FN4O2S/c1-11(2)21-18(25)14-10-27-19(22-14)16-15(9-24(3)4)26-23-17(16)12-5-7-13(20)8-6-12/h5-8,10-11H,9H2,1-4H3,(H,21,25). The van der Waals surface area contributed by atoms with Crippen LogP contribution in [0, 0.1) is 5.82 Å². The summed E-state index contributed by atoms with van der Waals surface area (Å²) >= 11 is 1.35. The van der Waals surface area contributed by atoms with E-state index >= 15 is 0 Å². The zero-order chi connectivity index (χ0) is 19.6. The fraction of sp³-hybridized carbons (Fsp3) is 0.316. The highest BCUT2D eigenvalue weighted by Crippen LogP contribution is 2.36. The van der Waals surface area contributed by atoms with Gasteiger partial charge in [0.2, 0.25) is 0 Å². The van der Waals surface area contributed by atoms with Crippen LogP contribution in [0.25, 0.3) is 21.8 Å². The van der Waals surface area contributed by atoms with Gasteiger partial charge < -0.3 is 14.7 Å². The molecule has 0 saturated heterocycles. The highest BCUT2D eigenvalue weighted by Gasteiger charge is 2.23. The van der Waals surface area contributed by atoms with Crippen LogP contribution < -0.4 is 5.32 Å². The Kier molecular flexibility index (Phi) is 5.67. The van der Waals surface area contributed by atoms with Crippen LogP contribution in [0.5, 0.6) is 0 Å². The van der Waals surface area contributed by atoms with E-state index in [2.05, 4.69) is 15.5 Å². The SMILES string of the molecule is CC(C)NC(=O)c1csc(-c2c(-c3ccc(F)cc3)noc2CN(C)C)n1. The van der Waals surface area contributed by atoms with Crippen molar-refractivity contribution in [2.75, 3.05) is 14.1 Å². The van der Waals surface area contributed by atoms with E-state index in [1.807, 2.05) is 32.8 Å². The van der Waals surface area contributed by atoms with Crippen LogP contribution >= 0.6 is 11.3 Å². The molecular weight excluding hydrogens is 367 g/mol. The monoisotopic (exact) mass is 388 g/mol. The number of carbonyl (C=O) groups excluding carboxylic acids is 1. The summed E-state index contributed by atoms with van der Waals surface area (Å²) in [6, 6.07) is 6.08. The molecule has 3 aromatic rings. The highest BCUT2D eigenvalue weighted by atomic mass is 32.1. The summed E-state index contributed by atoms with van der Waals surface area (Å²) in [6.45, 7) is 4.32. The van der Waals surface area contributed by atoms with E-state index < -0.39 is 0 Å².